The highest BCUT2D eigenvalue weighted by atomic mass is 16.5. The Morgan fingerprint density at radius 1 is 1.33 bits per heavy atom. The summed E-state index contributed by atoms with van der Waals surface area (Å²) in [7, 11) is 1.67. The van der Waals surface area contributed by atoms with Gasteiger partial charge in [-0.2, -0.15) is 0 Å². The minimum atomic E-state index is 0.113. The Morgan fingerprint density at radius 3 is 2.67 bits per heavy atom. The van der Waals surface area contributed by atoms with Crippen molar-refractivity contribution in [3.63, 3.8) is 0 Å². The molecule has 15 heavy (non-hydrogen) atoms. The molecule has 0 heterocycles. The third kappa shape index (κ3) is 4.93. The minimum Gasteiger partial charge on any atom is -0.395 e. The number of methoxy groups -OCH3 is 1. The number of hydrogen-bond acceptors (Lipinski definition) is 3. The summed E-state index contributed by atoms with van der Waals surface area (Å²) in [5.74, 6) is 0. The molecule has 0 radical (unpaired) electrons. The van der Waals surface area contributed by atoms with Crippen molar-refractivity contribution in [1.29, 1.82) is 0 Å². The van der Waals surface area contributed by atoms with Gasteiger partial charge < -0.3 is 15.2 Å². The molecule has 3 heteroatoms. The lowest BCUT2D eigenvalue weighted by atomic mass is 10.1. The molecule has 2 N–H and O–H groups in total. The van der Waals surface area contributed by atoms with E-state index in [4.69, 9.17) is 4.74 Å². The first-order valence-corrected chi connectivity index (χ1v) is 5.24. The largest absolute Gasteiger partial charge is 0.395 e. The second-order valence-corrected chi connectivity index (χ2v) is 3.52. The summed E-state index contributed by atoms with van der Waals surface area (Å²) in [6.07, 6.45) is 0.848. The molecule has 0 spiro atoms. The molecule has 0 aliphatic heterocycles. The van der Waals surface area contributed by atoms with Gasteiger partial charge >= 0.3 is 0 Å². The minimum absolute atomic E-state index is 0.113. The molecule has 0 aliphatic rings. The van der Waals surface area contributed by atoms with E-state index in [0.717, 1.165) is 13.0 Å². The summed E-state index contributed by atoms with van der Waals surface area (Å²) in [6, 6.07) is 10.3. The predicted molar refractivity (Wildman–Crippen MR) is 60.9 cm³/mol. The van der Waals surface area contributed by atoms with Crippen molar-refractivity contribution in [3.8, 4) is 0 Å². The molecule has 0 aromatic heterocycles. The number of aliphatic hydroxyl groups excluding tert-OH is 1. The third-order valence-electron chi connectivity index (χ3n) is 2.28. The van der Waals surface area contributed by atoms with Gasteiger partial charge in [0.25, 0.3) is 0 Å². The number of aliphatic hydroxyl groups is 1. The van der Waals surface area contributed by atoms with Crippen LogP contribution in [0.4, 0.5) is 0 Å². The van der Waals surface area contributed by atoms with Crippen molar-refractivity contribution in [2.45, 2.75) is 12.5 Å². The Morgan fingerprint density at radius 2 is 2.07 bits per heavy atom. The van der Waals surface area contributed by atoms with Crippen LogP contribution in [0.1, 0.15) is 5.56 Å². The average Bonchev–Trinajstić information content (AvgIpc) is 2.29. The summed E-state index contributed by atoms with van der Waals surface area (Å²) >= 11 is 0. The van der Waals surface area contributed by atoms with E-state index in [-0.39, 0.29) is 12.6 Å². The fourth-order valence-electron chi connectivity index (χ4n) is 1.46. The van der Waals surface area contributed by atoms with Gasteiger partial charge in [-0.1, -0.05) is 30.3 Å². The van der Waals surface area contributed by atoms with Crippen LogP contribution in [0.5, 0.6) is 0 Å². The van der Waals surface area contributed by atoms with Crippen LogP contribution >= 0.6 is 0 Å². The number of benzene rings is 1. The summed E-state index contributed by atoms with van der Waals surface area (Å²) in [6.45, 7) is 1.60. The molecule has 1 atom stereocenters. The average molecular weight is 209 g/mol. The predicted octanol–water partition coefficient (Wildman–Crippen LogP) is 0.826. The van der Waals surface area contributed by atoms with Gasteiger partial charge in [0.2, 0.25) is 0 Å². The molecule has 1 aromatic rings. The number of hydrogen-bond donors (Lipinski definition) is 2. The second kappa shape index (κ2) is 7.40. The topological polar surface area (TPSA) is 41.5 Å². The Bertz CT molecular complexity index is 251. The molecule has 0 amide bonds. The van der Waals surface area contributed by atoms with Gasteiger partial charge in [0.05, 0.1) is 13.2 Å². The van der Waals surface area contributed by atoms with Crippen LogP contribution in [0.3, 0.4) is 0 Å². The summed E-state index contributed by atoms with van der Waals surface area (Å²) in [4.78, 5) is 0. The van der Waals surface area contributed by atoms with Gasteiger partial charge in [0, 0.05) is 19.7 Å². The van der Waals surface area contributed by atoms with E-state index < -0.39 is 0 Å². The molecular weight excluding hydrogens is 190 g/mol. The van der Waals surface area contributed by atoms with E-state index in [9.17, 15) is 5.11 Å². The first kappa shape index (κ1) is 12.2. The quantitative estimate of drug-likeness (QED) is 0.653. The van der Waals surface area contributed by atoms with E-state index in [0.29, 0.717) is 6.61 Å². The molecule has 1 rings (SSSR count). The molecule has 0 fully saturated rings. The van der Waals surface area contributed by atoms with E-state index >= 15 is 0 Å². The maximum absolute atomic E-state index is 9.18. The Labute approximate surface area is 91.1 Å². The number of rotatable bonds is 7. The molecule has 0 saturated carbocycles. The third-order valence-corrected chi connectivity index (χ3v) is 2.28. The van der Waals surface area contributed by atoms with Gasteiger partial charge in [-0.25, -0.2) is 0 Å². The second-order valence-electron chi connectivity index (χ2n) is 3.52. The van der Waals surface area contributed by atoms with Crippen molar-refractivity contribution >= 4 is 0 Å². The zero-order chi connectivity index (χ0) is 10.9. The van der Waals surface area contributed by atoms with Crippen molar-refractivity contribution in [2.24, 2.45) is 0 Å². The van der Waals surface area contributed by atoms with Crippen LogP contribution in [0.2, 0.25) is 0 Å². The lowest BCUT2D eigenvalue weighted by molar-refractivity contribution is 0.183. The van der Waals surface area contributed by atoms with Crippen LogP contribution in [0, 0.1) is 0 Å². The van der Waals surface area contributed by atoms with Crippen LogP contribution in [-0.4, -0.2) is 38.0 Å². The van der Waals surface area contributed by atoms with Crippen LogP contribution in [0.25, 0.3) is 0 Å². The van der Waals surface area contributed by atoms with Gasteiger partial charge in [0.15, 0.2) is 0 Å². The molecule has 3 nitrogen and oxygen atoms in total. The highest BCUT2D eigenvalue weighted by Gasteiger charge is 2.06. The van der Waals surface area contributed by atoms with Gasteiger partial charge in [-0.3, -0.25) is 0 Å². The monoisotopic (exact) mass is 209 g/mol. The Hall–Kier alpha value is -0.900. The van der Waals surface area contributed by atoms with Crippen molar-refractivity contribution in [3.05, 3.63) is 35.9 Å². The maximum atomic E-state index is 9.18. The molecule has 84 valence electrons. The van der Waals surface area contributed by atoms with Crippen LogP contribution in [0.15, 0.2) is 30.3 Å². The normalized spacial score (nSPS) is 12.7. The standard InChI is InChI=1S/C12H19NO2/c1-15-8-7-13-12(10-14)9-11-5-3-2-4-6-11/h2-6,12-14H,7-10H2,1H3. The Kier molecular flexibility index (Phi) is 6.00. The van der Waals surface area contributed by atoms with E-state index in [1.54, 1.807) is 7.11 Å². The molecule has 1 unspecified atom stereocenters. The van der Waals surface area contributed by atoms with Crippen molar-refractivity contribution in [1.82, 2.24) is 5.32 Å². The molecular formula is C12H19NO2. The van der Waals surface area contributed by atoms with Crippen LogP contribution < -0.4 is 5.32 Å². The zero-order valence-electron chi connectivity index (χ0n) is 9.15. The van der Waals surface area contributed by atoms with Gasteiger partial charge in [-0.15, -0.1) is 0 Å². The van der Waals surface area contributed by atoms with Crippen LogP contribution in [-0.2, 0) is 11.2 Å². The zero-order valence-corrected chi connectivity index (χ0v) is 9.15. The highest BCUT2D eigenvalue weighted by Crippen LogP contribution is 2.02. The van der Waals surface area contributed by atoms with Crippen molar-refractivity contribution < 1.29 is 9.84 Å². The number of nitrogens with one attached hydrogen (secondary N) is 1. The van der Waals surface area contributed by atoms with Crippen molar-refractivity contribution in [2.75, 3.05) is 26.9 Å². The first-order chi connectivity index (χ1) is 7.36. The SMILES string of the molecule is COCCNC(CO)Cc1ccccc1. The smallest absolute Gasteiger partial charge is 0.0587 e. The highest BCUT2D eigenvalue weighted by molar-refractivity contribution is 5.15. The fourth-order valence-corrected chi connectivity index (χ4v) is 1.46. The van der Waals surface area contributed by atoms with Gasteiger partial charge in [0.1, 0.15) is 0 Å². The number of ether oxygens (including phenoxy) is 1. The van der Waals surface area contributed by atoms with E-state index in [2.05, 4.69) is 17.4 Å². The lowest BCUT2D eigenvalue weighted by Gasteiger charge is -2.15. The molecule has 0 saturated heterocycles. The molecule has 0 aliphatic carbocycles. The summed E-state index contributed by atoms with van der Waals surface area (Å²) in [5, 5.41) is 12.4. The van der Waals surface area contributed by atoms with E-state index in [1.165, 1.54) is 5.56 Å². The molecule has 0 bridgehead atoms. The first-order valence-electron chi connectivity index (χ1n) is 5.24. The Balaban J connectivity index is 2.33. The fraction of sp³-hybridized carbons (Fsp3) is 0.500. The van der Waals surface area contributed by atoms with E-state index in [1.807, 2.05) is 18.2 Å². The lowest BCUT2D eigenvalue weighted by Crippen LogP contribution is -2.36. The molecule has 1 aromatic carbocycles. The maximum Gasteiger partial charge on any atom is 0.0587 e. The van der Waals surface area contributed by atoms with Gasteiger partial charge in [-0.05, 0) is 12.0 Å². The summed E-state index contributed by atoms with van der Waals surface area (Å²) in [5.41, 5.74) is 1.24. The summed E-state index contributed by atoms with van der Waals surface area (Å²) < 4.78 is 4.94.